The number of benzene rings is 1. The van der Waals surface area contributed by atoms with Crippen LogP contribution in [0.25, 0.3) is 39.3 Å². The van der Waals surface area contributed by atoms with Gasteiger partial charge in [0.05, 0.1) is 6.20 Å². The van der Waals surface area contributed by atoms with Crippen LogP contribution in [0.3, 0.4) is 0 Å². The molecule has 10 heteroatoms. The Kier molecular flexibility index (Phi) is 5.60. The Morgan fingerprint density at radius 1 is 1.00 bits per heavy atom. The Balaban J connectivity index is 1.02. The lowest BCUT2D eigenvalue weighted by atomic mass is 9.95. The Hall–Kier alpha value is -4.15. The third-order valence-electron chi connectivity index (χ3n) is 6.92. The minimum atomic E-state index is 0.395. The predicted molar refractivity (Wildman–Crippen MR) is 141 cm³/mol. The number of likely N-dealkylation sites (tertiary alicyclic amines) is 1. The fourth-order valence-electron chi connectivity index (χ4n) is 5.00. The number of aromatic nitrogens is 7. The Morgan fingerprint density at radius 2 is 1.89 bits per heavy atom. The summed E-state index contributed by atoms with van der Waals surface area (Å²) in [7, 11) is 0. The monoisotopic (exact) mass is 508 g/mol. The zero-order valence-corrected chi connectivity index (χ0v) is 20.8. The van der Waals surface area contributed by atoms with Gasteiger partial charge >= 0.3 is 0 Å². The van der Waals surface area contributed by atoms with Crippen molar-refractivity contribution in [3.63, 3.8) is 0 Å². The molecule has 1 fully saturated rings. The summed E-state index contributed by atoms with van der Waals surface area (Å²) in [6, 6.07) is 14.5. The summed E-state index contributed by atoms with van der Waals surface area (Å²) in [6.07, 6.45) is 9.15. The molecular formula is C27H24N8OS. The zero-order chi connectivity index (χ0) is 24.6. The Labute approximate surface area is 216 Å². The average Bonchev–Trinajstić information content (AvgIpc) is 3.75. The second-order valence-corrected chi connectivity index (χ2v) is 10.1. The van der Waals surface area contributed by atoms with E-state index in [0.29, 0.717) is 11.8 Å². The molecule has 1 saturated heterocycles. The first-order valence-electron chi connectivity index (χ1n) is 12.3. The van der Waals surface area contributed by atoms with Gasteiger partial charge in [-0.25, -0.2) is 9.97 Å². The molecule has 6 heterocycles. The van der Waals surface area contributed by atoms with Crippen LogP contribution in [-0.4, -0.2) is 52.5 Å². The summed E-state index contributed by atoms with van der Waals surface area (Å²) < 4.78 is 7.66. The maximum absolute atomic E-state index is 5.62. The van der Waals surface area contributed by atoms with Crippen LogP contribution in [0.15, 0.2) is 77.1 Å². The van der Waals surface area contributed by atoms with E-state index in [2.05, 4.69) is 54.3 Å². The number of thiazole rings is 1. The highest BCUT2D eigenvalue weighted by molar-refractivity contribution is 7.15. The van der Waals surface area contributed by atoms with Gasteiger partial charge in [-0.05, 0) is 43.6 Å². The first-order chi connectivity index (χ1) is 18.3. The smallest absolute Gasteiger partial charge is 0.245 e. The number of pyridine rings is 1. The van der Waals surface area contributed by atoms with Gasteiger partial charge in [0.15, 0.2) is 10.8 Å². The normalized spacial score (nSPS) is 15.0. The van der Waals surface area contributed by atoms with Gasteiger partial charge in [0.25, 0.3) is 0 Å². The molecule has 37 heavy (non-hydrogen) atoms. The van der Waals surface area contributed by atoms with Crippen LogP contribution in [0, 0.1) is 0 Å². The molecular weight excluding hydrogens is 484 g/mol. The zero-order valence-electron chi connectivity index (χ0n) is 20.0. The number of oxazole rings is 1. The number of H-pyrrole nitrogens is 1. The minimum Gasteiger partial charge on any atom is -0.443 e. The third kappa shape index (κ3) is 4.24. The van der Waals surface area contributed by atoms with Gasteiger partial charge in [-0.1, -0.05) is 30.3 Å². The van der Waals surface area contributed by atoms with E-state index in [0.717, 1.165) is 71.7 Å². The molecule has 0 unspecified atom stereocenters. The van der Waals surface area contributed by atoms with Crippen LogP contribution < -0.4 is 0 Å². The van der Waals surface area contributed by atoms with Crippen molar-refractivity contribution in [3.8, 4) is 34.4 Å². The maximum atomic E-state index is 5.62. The van der Waals surface area contributed by atoms with Crippen LogP contribution >= 0.6 is 11.3 Å². The summed E-state index contributed by atoms with van der Waals surface area (Å²) in [5.41, 5.74) is 4.94. The SMILES string of the molecule is c1ccc(-c2nnc(C3CCN(Cc4ccc(-c5nc6sccn6c5-c5ncco5)cc4)CC3)[nH]2)nc1. The van der Waals surface area contributed by atoms with E-state index in [1.165, 1.54) is 5.56 Å². The number of rotatable bonds is 6. The molecule has 0 bridgehead atoms. The molecule has 1 aliphatic heterocycles. The fraction of sp³-hybridized carbons (Fsp3) is 0.222. The number of piperidine rings is 1. The van der Waals surface area contributed by atoms with E-state index in [1.807, 2.05) is 34.2 Å². The number of aromatic amines is 1. The van der Waals surface area contributed by atoms with Crippen molar-refractivity contribution in [2.45, 2.75) is 25.3 Å². The summed E-state index contributed by atoms with van der Waals surface area (Å²) >= 11 is 1.60. The highest BCUT2D eigenvalue weighted by atomic mass is 32.1. The van der Waals surface area contributed by atoms with Gasteiger partial charge in [-0.2, -0.15) is 0 Å². The van der Waals surface area contributed by atoms with Gasteiger partial charge in [0.2, 0.25) is 5.89 Å². The van der Waals surface area contributed by atoms with Crippen molar-refractivity contribution in [2.24, 2.45) is 0 Å². The van der Waals surface area contributed by atoms with E-state index in [4.69, 9.17) is 9.40 Å². The molecule has 0 atom stereocenters. The summed E-state index contributed by atoms with van der Waals surface area (Å²) in [5, 5.41) is 10.8. The molecule has 184 valence electrons. The molecule has 1 aliphatic rings. The molecule has 0 radical (unpaired) electrons. The number of nitrogens with one attached hydrogen (secondary N) is 1. The first kappa shape index (κ1) is 22.1. The highest BCUT2D eigenvalue weighted by Gasteiger charge is 2.24. The largest absolute Gasteiger partial charge is 0.443 e. The van der Waals surface area contributed by atoms with Crippen molar-refractivity contribution in [3.05, 3.63) is 84.1 Å². The van der Waals surface area contributed by atoms with Gasteiger partial charge < -0.3 is 9.40 Å². The van der Waals surface area contributed by atoms with Crippen LogP contribution in [-0.2, 0) is 6.54 Å². The first-order valence-corrected chi connectivity index (χ1v) is 13.2. The van der Waals surface area contributed by atoms with Gasteiger partial charge in [-0.3, -0.25) is 14.3 Å². The fourth-order valence-corrected chi connectivity index (χ4v) is 5.71. The van der Waals surface area contributed by atoms with E-state index in [9.17, 15) is 0 Å². The van der Waals surface area contributed by atoms with Crippen LogP contribution in [0.2, 0.25) is 0 Å². The van der Waals surface area contributed by atoms with E-state index in [1.54, 1.807) is 30.0 Å². The lowest BCUT2D eigenvalue weighted by Crippen LogP contribution is -2.32. The molecule has 9 nitrogen and oxygen atoms in total. The van der Waals surface area contributed by atoms with Crippen LogP contribution in [0.5, 0.6) is 0 Å². The number of fused-ring (bicyclic) bond motifs is 1. The molecule has 1 aromatic carbocycles. The summed E-state index contributed by atoms with van der Waals surface area (Å²) in [5.74, 6) is 2.67. The maximum Gasteiger partial charge on any atom is 0.245 e. The number of hydrogen-bond acceptors (Lipinski definition) is 8. The average molecular weight is 509 g/mol. The topological polar surface area (TPSA) is 101 Å². The van der Waals surface area contributed by atoms with Gasteiger partial charge in [-0.15, -0.1) is 21.5 Å². The van der Waals surface area contributed by atoms with Crippen molar-refractivity contribution in [1.82, 2.24) is 39.4 Å². The highest BCUT2D eigenvalue weighted by Crippen LogP contribution is 2.34. The Bertz CT molecular complexity index is 1610. The van der Waals surface area contributed by atoms with Crippen molar-refractivity contribution < 1.29 is 4.42 Å². The Morgan fingerprint density at radius 3 is 2.68 bits per heavy atom. The standard InChI is InChI=1S/C27H24N8OS/c1-2-10-28-21(3-1)25-31-24(32-33-25)20-8-12-34(13-9-20)17-18-4-6-19(7-5-18)22-23(26-29-11-15-36-26)35-14-16-37-27(35)30-22/h1-7,10-11,14-16,20H,8-9,12-13,17H2,(H,31,32,33). The van der Waals surface area contributed by atoms with Crippen LogP contribution in [0.1, 0.15) is 30.1 Å². The molecule has 0 spiro atoms. The molecule has 7 rings (SSSR count). The number of imidazole rings is 1. The molecule has 0 amide bonds. The van der Waals surface area contributed by atoms with Gasteiger partial charge in [0.1, 0.15) is 29.2 Å². The molecule has 5 aromatic heterocycles. The molecule has 0 saturated carbocycles. The predicted octanol–water partition coefficient (Wildman–Crippen LogP) is 5.28. The lowest BCUT2D eigenvalue weighted by Gasteiger charge is -2.30. The number of nitrogens with zero attached hydrogens (tertiary/aromatic N) is 7. The molecule has 1 N–H and O–H groups in total. The summed E-state index contributed by atoms with van der Waals surface area (Å²) in [4.78, 5) is 20.4. The van der Waals surface area contributed by atoms with E-state index >= 15 is 0 Å². The van der Waals surface area contributed by atoms with E-state index in [-0.39, 0.29) is 0 Å². The minimum absolute atomic E-state index is 0.395. The molecule has 6 aromatic rings. The summed E-state index contributed by atoms with van der Waals surface area (Å²) in [6.45, 7) is 2.98. The van der Waals surface area contributed by atoms with E-state index < -0.39 is 0 Å². The lowest BCUT2D eigenvalue weighted by molar-refractivity contribution is 0.202. The van der Waals surface area contributed by atoms with Crippen molar-refractivity contribution >= 4 is 16.3 Å². The molecule has 0 aliphatic carbocycles. The number of hydrogen-bond donors (Lipinski definition) is 1. The second kappa shape index (κ2) is 9.38. The van der Waals surface area contributed by atoms with Crippen LogP contribution in [0.4, 0.5) is 0 Å². The van der Waals surface area contributed by atoms with Gasteiger partial charge in [0, 0.05) is 35.8 Å². The second-order valence-electron chi connectivity index (χ2n) is 9.22. The quantitative estimate of drug-likeness (QED) is 0.327. The van der Waals surface area contributed by atoms with Crippen molar-refractivity contribution in [1.29, 1.82) is 0 Å². The third-order valence-corrected chi connectivity index (χ3v) is 7.67. The van der Waals surface area contributed by atoms with Crippen molar-refractivity contribution in [2.75, 3.05) is 13.1 Å².